The third kappa shape index (κ3) is 4.82. The molecule has 2 N–H and O–H groups in total. The quantitative estimate of drug-likeness (QED) is 0.361. The number of pyridine rings is 1. The molecular weight excluding hydrogens is 458 g/mol. The summed E-state index contributed by atoms with van der Waals surface area (Å²) < 4.78 is 11.0. The van der Waals surface area contributed by atoms with Crippen molar-refractivity contribution in [3.63, 3.8) is 0 Å². The van der Waals surface area contributed by atoms with Crippen LogP contribution in [-0.4, -0.2) is 40.1 Å². The van der Waals surface area contributed by atoms with Gasteiger partial charge in [-0.25, -0.2) is 9.78 Å². The molecule has 9 heteroatoms. The molecule has 3 amide bonds. The molecule has 0 bridgehead atoms. The van der Waals surface area contributed by atoms with Crippen molar-refractivity contribution < 1.29 is 18.5 Å². The van der Waals surface area contributed by atoms with Gasteiger partial charge in [0.2, 0.25) is 0 Å². The van der Waals surface area contributed by atoms with Crippen LogP contribution in [0.3, 0.4) is 0 Å². The van der Waals surface area contributed by atoms with Crippen molar-refractivity contribution in [2.24, 2.45) is 0 Å². The van der Waals surface area contributed by atoms with E-state index in [0.717, 1.165) is 37.3 Å². The van der Waals surface area contributed by atoms with E-state index in [0.29, 0.717) is 45.2 Å². The van der Waals surface area contributed by atoms with Gasteiger partial charge in [-0.15, -0.1) is 0 Å². The van der Waals surface area contributed by atoms with E-state index in [9.17, 15) is 9.59 Å². The molecule has 4 heterocycles. The Morgan fingerprint density at radius 1 is 0.917 bits per heavy atom. The fourth-order valence-corrected chi connectivity index (χ4v) is 4.61. The average Bonchev–Trinajstić information content (AvgIpc) is 3.27. The summed E-state index contributed by atoms with van der Waals surface area (Å²) in [5.41, 5.74) is 3.93. The lowest BCUT2D eigenvalue weighted by Gasteiger charge is -2.20. The van der Waals surface area contributed by atoms with Crippen LogP contribution in [0.5, 0.6) is 0 Å². The number of amides is 3. The largest absolute Gasteiger partial charge is 0.466 e. The van der Waals surface area contributed by atoms with Gasteiger partial charge in [-0.1, -0.05) is 18.0 Å². The summed E-state index contributed by atoms with van der Waals surface area (Å²) in [5, 5.41) is 10.5. The standard InChI is InChI=1S/C27H29N5O4/c1-16-14-21(18(3)35-16)23-15-22(24-17(2)31-36-26(24)30-23)25(33)28-19-8-10-20(11-9-19)29-27(34)32-12-6-4-5-7-13-32/h8-11,14-15H,4-7,12-13H2,1-3H3,(H,28,33)(H,29,34). The van der Waals surface area contributed by atoms with Crippen LogP contribution in [0.25, 0.3) is 22.4 Å². The van der Waals surface area contributed by atoms with E-state index in [-0.39, 0.29) is 11.9 Å². The van der Waals surface area contributed by atoms with Gasteiger partial charge < -0.3 is 24.5 Å². The highest BCUT2D eigenvalue weighted by atomic mass is 16.5. The zero-order valence-electron chi connectivity index (χ0n) is 20.7. The number of nitrogens with one attached hydrogen (secondary N) is 2. The van der Waals surface area contributed by atoms with Crippen molar-refractivity contribution in [2.75, 3.05) is 23.7 Å². The van der Waals surface area contributed by atoms with Gasteiger partial charge in [0.1, 0.15) is 11.5 Å². The minimum absolute atomic E-state index is 0.0897. The number of hydrogen-bond acceptors (Lipinski definition) is 6. The Hall–Kier alpha value is -4.14. The Morgan fingerprint density at radius 2 is 1.58 bits per heavy atom. The topological polar surface area (TPSA) is 114 Å². The lowest BCUT2D eigenvalue weighted by Crippen LogP contribution is -2.35. The highest BCUT2D eigenvalue weighted by molar-refractivity contribution is 6.13. The number of rotatable bonds is 4. The van der Waals surface area contributed by atoms with Gasteiger partial charge in [0.25, 0.3) is 11.6 Å². The lowest BCUT2D eigenvalue weighted by atomic mass is 10.1. The number of benzene rings is 1. The molecule has 5 rings (SSSR count). The van der Waals surface area contributed by atoms with Crippen molar-refractivity contribution >= 4 is 34.4 Å². The fourth-order valence-electron chi connectivity index (χ4n) is 4.61. The van der Waals surface area contributed by atoms with Gasteiger partial charge in [-0.2, -0.15) is 0 Å². The number of aromatic nitrogens is 2. The molecule has 1 fully saturated rings. The molecule has 0 saturated carbocycles. The monoisotopic (exact) mass is 487 g/mol. The van der Waals surface area contributed by atoms with Crippen LogP contribution in [0.1, 0.15) is 53.3 Å². The molecule has 9 nitrogen and oxygen atoms in total. The average molecular weight is 488 g/mol. The van der Waals surface area contributed by atoms with Crippen molar-refractivity contribution in [3.05, 3.63) is 59.2 Å². The van der Waals surface area contributed by atoms with E-state index >= 15 is 0 Å². The highest BCUT2D eigenvalue weighted by Crippen LogP contribution is 2.31. The molecule has 36 heavy (non-hydrogen) atoms. The zero-order chi connectivity index (χ0) is 25.2. The summed E-state index contributed by atoms with van der Waals surface area (Å²) in [6, 6.07) is 10.6. The molecular formula is C27H29N5O4. The number of urea groups is 1. The predicted octanol–water partition coefficient (Wildman–Crippen LogP) is 6.07. The van der Waals surface area contributed by atoms with E-state index in [1.807, 2.05) is 24.8 Å². The summed E-state index contributed by atoms with van der Waals surface area (Å²) in [7, 11) is 0. The first kappa shape index (κ1) is 23.6. The first-order valence-corrected chi connectivity index (χ1v) is 12.2. The van der Waals surface area contributed by atoms with Gasteiger partial charge in [0.05, 0.1) is 22.3 Å². The van der Waals surface area contributed by atoms with E-state index in [4.69, 9.17) is 8.94 Å². The number of carbonyl (C=O) groups excluding carboxylic acids is 2. The van der Waals surface area contributed by atoms with Gasteiger partial charge >= 0.3 is 6.03 Å². The molecule has 186 valence electrons. The molecule has 0 spiro atoms. The van der Waals surface area contributed by atoms with Crippen LogP contribution in [0.2, 0.25) is 0 Å². The number of nitrogens with zero attached hydrogens (tertiary/aromatic N) is 3. The molecule has 0 radical (unpaired) electrons. The smallest absolute Gasteiger partial charge is 0.321 e. The minimum atomic E-state index is -0.311. The SMILES string of the molecule is Cc1cc(-c2cc(C(=O)Nc3ccc(NC(=O)N4CCCCCC4)cc3)c3c(C)noc3n2)c(C)o1. The second-order valence-corrected chi connectivity index (χ2v) is 9.19. The van der Waals surface area contributed by atoms with E-state index in [2.05, 4.69) is 20.8 Å². The second-order valence-electron chi connectivity index (χ2n) is 9.19. The second kappa shape index (κ2) is 9.85. The van der Waals surface area contributed by atoms with Crippen LogP contribution < -0.4 is 10.6 Å². The molecule has 1 aliphatic heterocycles. The minimum Gasteiger partial charge on any atom is -0.466 e. The van der Waals surface area contributed by atoms with Crippen LogP contribution in [0.15, 0.2) is 45.3 Å². The number of aryl methyl sites for hydroxylation is 3. The molecule has 1 aliphatic rings. The molecule has 1 saturated heterocycles. The summed E-state index contributed by atoms with van der Waals surface area (Å²) in [6.45, 7) is 7.05. The van der Waals surface area contributed by atoms with Crippen LogP contribution >= 0.6 is 0 Å². The van der Waals surface area contributed by atoms with E-state index in [1.165, 1.54) is 12.8 Å². The summed E-state index contributed by atoms with van der Waals surface area (Å²) in [4.78, 5) is 32.4. The Kier molecular flexibility index (Phi) is 6.45. The molecule has 3 aromatic heterocycles. The van der Waals surface area contributed by atoms with Crippen molar-refractivity contribution in [2.45, 2.75) is 46.5 Å². The number of fused-ring (bicyclic) bond motifs is 1. The van der Waals surface area contributed by atoms with Crippen molar-refractivity contribution in [1.29, 1.82) is 0 Å². The first-order chi connectivity index (χ1) is 17.4. The lowest BCUT2D eigenvalue weighted by molar-refractivity contribution is 0.102. The van der Waals surface area contributed by atoms with Crippen LogP contribution in [0.4, 0.5) is 16.2 Å². The molecule has 0 atom stereocenters. The van der Waals surface area contributed by atoms with Crippen LogP contribution in [0, 0.1) is 20.8 Å². The molecule has 1 aromatic carbocycles. The number of furan rings is 1. The third-order valence-corrected chi connectivity index (χ3v) is 6.47. The molecule has 0 unspecified atom stereocenters. The summed E-state index contributed by atoms with van der Waals surface area (Å²) >= 11 is 0. The Labute approximate surface area is 208 Å². The third-order valence-electron chi connectivity index (χ3n) is 6.47. The number of carbonyl (C=O) groups is 2. The predicted molar refractivity (Wildman–Crippen MR) is 137 cm³/mol. The van der Waals surface area contributed by atoms with Gasteiger partial charge in [0.15, 0.2) is 0 Å². The number of anilines is 2. The van der Waals surface area contributed by atoms with Crippen molar-refractivity contribution in [3.8, 4) is 11.3 Å². The molecule has 4 aromatic rings. The zero-order valence-corrected chi connectivity index (χ0v) is 20.7. The maximum atomic E-state index is 13.3. The fraction of sp³-hybridized carbons (Fsp3) is 0.333. The van der Waals surface area contributed by atoms with Gasteiger partial charge in [0, 0.05) is 30.0 Å². The Morgan fingerprint density at radius 3 is 2.22 bits per heavy atom. The normalized spacial score (nSPS) is 14.0. The Balaban J connectivity index is 1.35. The maximum absolute atomic E-state index is 13.3. The molecule has 0 aliphatic carbocycles. The summed E-state index contributed by atoms with van der Waals surface area (Å²) in [6.07, 6.45) is 4.40. The first-order valence-electron chi connectivity index (χ1n) is 12.2. The van der Waals surface area contributed by atoms with Crippen LogP contribution in [-0.2, 0) is 0 Å². The highest BCUT2D eigenvalue weighted by Gasteiger charge is 2.21. The number of hydrogen-bond donors (Lipinski definition) is 2. The van der Waals surface area contributed by atoms with Crippen molar-refractivity contribution in [1.82, 2.24) is 15.0 Å². The van der Waals surface area contributed by atoms with Gasteiger partial charge in [-0.05, 0) is 70.0 Å². The van der Waals surface area contributed by atoms with E-state index in [1.54, 1.807) is 37.3 Å². The maximum Gasteiger partial charge on any atom is 0.321 e. The van der Waals surface area contributed by atoms with E-state index < -0.39 is 0 Å². The Bertz CT molecular complexity index is 1410. The number of likely N-dealkylation sites (tertiary alicyclic amines) is 1. The summed E-state index contributed by atoms with van der Waals surface area (Å²) in [5.74, 6) is 1.15. The van der Waals surface area contributed by atoms with Gasteiger partial charge in [-0.3, -0.25) is 4.79 Å².